The van der Waals surface area contributed by atoms with E-state index in [1.165, 1.54) is 12.2 Å². The number of allylic oxidation sites excluding steroid dienone is 8. The van der Waals surface area contributed by atoms with E-state index in [9.17, 15) is 26.3 Å². The summed E-state index contributed by atoms with van der Waals surface area (Å²) in [6.07, 6.45) is -6.12. The molecule has 6 rings (SSSR count). The summed E-state index contributed by atoms with van der Waals surface area (Å²) in [5.41, 5.74) is 12.0. The Kier molecular flexibility index (Phi) is 7.12. The summed E-state index contributed by atoms with van der Waals surface area (Å²) in [7, 11) is 0. The van der Waals surface area contributed by atoms with Crippen LogP contribution in [0.1, 0.15) is 61.1 Å². The summed E-state index contributed by atoms with van der Waals surface area (Å²) in [5, 5.41) is 3.99. The van der Waals surface area contributed by atoms with Crippen LogP contribution in [0.5, 0.6) is 0 Å². The normalized spacial score (nSPS) is 18.6. The SMILES string of the molecule is CCN1Cc2cccc3c2C(=C(C)N1)C=C3C(F)(F)F.CCN1Cc2cccc3c2C(=C(C)N1)C=C3C(F)(F)F. The van der Waals surface area contributed by atoms with Gasteiger partial charge in [0.05, 0.1) is 11.1 Å². The average Bonchev–Trinajstić information content (AvgIpc) is 3.41. The molecule has 40 heavy (non-hydrogen) atoms. The molecule has 212 valence electrons. The van der Waals surface area contributed by atoms with Crippen LogP contribution in [0.2, 0.25) is 0 Å². The van der Waals surface area contributed by atoms with Gasteiger partial charge in [-0.15, -0.1) is 0 Å². The predicted molar refractivity (Wildman–Crippen MR) is 145 cm³/mol. The molecule has 0 saturated carbocycles. The van der Waals surface area contributed by atoms with Crippen LogP contribution in [0.25, 0.3) is 22.3 Å². The van der Waals surface area contributed by atoms with Gasteiger partial charge in [0.15, 0.2) is 0 Å². The third-order valence-corrected chi connectivity index (χ3v) is 7.55. The third-order valence-electron chi connectivity index (χ3n) is 7.55. The quantitative estimate of drug-likeness (QED) is 0.374. The molecule has 0 saturated heterocycles. The van der Waals surface area contributed by atoms with Crippen LogP contribution in [-0.2, 0) is 13.1 Å². The minimum Gasteiger partial charge on any atom is -0.322 e. The molecule has 2 aliphatic heterocycles. The van der Waals surface area contributed by atoms with Crippen LogP contribution in [0.15, 0.2) is 59.9 Å². The first-order chi connectivity index (χ1) is 18.8. The highest BCUT2D eigenvalue weighted by molar-refractivity contribution is 6.00. The van der Waals surface area contributed by atoms with Crippen LogP contribution >= 0.6 is 0 Å². The molecule has 4 nitrogen and oxygen atoms in total. The molecule has 4 aliphatic rings. The van der Waals surface area contributed by atoms with E-state index in [4.69, 9.17) is 0 Å². The number of benzene rings is 2. The maximum absolute atomic E-state index is 13.2. The molecular weight excluding hydrogens is 530 g/mol. The lowest BCUT2D eigenvalue weighted by molar-refractivity contribution is -0.0696. The minimum absolute atomic E-state index is 0.295. The first-order valence-electron chi connectivity index (χ1n) is 13.1. The van der Waals surface area contributed by atoms with Gasteiger partial charge in [0.25, 0.3) is 0 Å². The number of halogens is 6. The first-order valence-corrected chi connectivity index (χ1v) is 13.1. The lowest BCUT2D eigenvalue weighted by Crippen LogP contribution is -2.35. The van der Waals surface area contributed by atoms with Gasteiger partial charge in [0, 0.05) is 48.7 Å². The van der Waals surface area contributed by atoms with Crippen molar-refractivity contribution in [3.63, 3.8) is 0 Å². The van der Waals surface area contributed by atoms with Crippen LogP contribution < -0.4 is 10.9 Å². The Labute approximate surface area is 229 Å². The van der Waals surface area contributed by atoms with E-state index in [0.29, 0.717) is 35.4 Å². The Balaban J connectivity index is 0.000000161. The van der Waals surface area contributed by atoms with Crippen molar-refractivity contribution in [2.24, 2.45) is 0 Å². The van der Waals surface area contributed by atoms with Crippen molar-refractivity contribution in [3.05, 3.63) is 93.3 Å². The Morgan fingerprint density at radius 2 is 1.02 bits per heavy atom. The Morgan fingerprint density at radius 1 is 0.650 bits per heavy atom. The number of hydrogen-bond acceptors (Lipinski definition) is 4. The number of alkyl halides is 6. The lowest BCUT2D eigenvalue weighted by atomic mass is 9.97. The standard InChI is InChI=1S/2C15H15F3N2/c2*1-3-20-8-10-5-4-6-11-13(15(16,17)18)7-12(14(10)11)9(2)19-20/h2*4-7,19H,3,8H2,1-2H3. The van der Waals surface area contributed by atoms with Gasteiger partial charge in [-0.25, -0.2) is 10.0 Å². The zero-order chi connectivity index (χ0) is 29.0. The average molecular weight is 561 g/mol. The van der Waals surface area contributed by atoms with Crippen molar-refractivity contribution in [1.82, 2.24) is 20.9 Å². The minimum atomic E-state index is -4.32. The molecule has 0 fully saturated rings. The summed E-state index contributed by atoms with van der Waals surface area (Å²) in [5.74, 6) is 0. The fraction of sp³-hybridized carbons (Fsp3) is 0.333. The van der Waals surface area contributed by atoms with Gasteiger partial charge in [-0.05, 0) is 59.4 Å². The van der Waals surface area contributed by atoms with E-state index in [-0.39, 0.29) is 0 Å². The summed E-state index contributed by atoms with van der Waals surface area (Å²) in [6, 6.07) is 10.3. The second-order valence-corrected chi connectivity index (χ2v) is 10.1. The number of hydrazine groups is 2. The van der Waals surface area contributed by atoms with Gasteiger partial charge in [-0.1, -0.05) is 50.2 Å². The van der Waals surface area contributed by atoms with Gasteiger partial charge in [-0.2, -0.15) is 26.3 Å². The number of rotatable bonds is 2. The van der Waals surface area contributed by atoms with Gasteiger partial charge >= 0.3 is 12.4 Å². The Morgan fingerprint density at radius 3 is 1.35 bits per heavy atom. The van der Waals surface area contributed by atoms with Crippen molar-refractivity contribution < 1.29 is 26.3 Å². The summed E-state index contributed by atoms with van der Waals surface area (Å²) in [6.45, 7) is 10.4. The molecule has 0 amide bonds. The zero-order valence-electron chi connectivity index (χ0n) is 22.6. The monoisotopic (exact) mass is 560 g/mol. The molecule has 0 unspecified atom stereocenters. The van der Waals surface area contributed by atoms with Crippen molar-refractivity contribution in [3.8, 4) is 0 Å². The van der Waals surface area contributed by atoms with Crippen molar-refractivity contribution in [2.75, 3.05) is 13.1 Å². The molecule has 0 radical (unpaired) electrons. The van der Waals surface area contributed by atoms with E-state index >= 15 is 0 Å². The van der Waals surface area contributed by atoms with E-state index < -0.39 is 23.5 Å². The molecular formula is C30H30F6N4. The predicted octanol–water partition coefficient (Wildman–Crippen LogP) is 7.43. The first kappa shape index (κ1) is 28.0. The Bertz CT molecular complexity index is 1360. The van der Waals surface area contributed by atoms with Crippen molar-refractivity contribution >= 4 is 22.3 Å². The molecule has 2 N–H and O–H groups in total. The molecule has 0 aromatic heterocycles. The molecule has 2 aromatic rings. The maximum Gasteiger partial charge on any atom is 0.417 e. The number of nitrogens with zero attached hydrogens (tertiary/aromatic N) is 2. The second kappa shape index (κ2) is 10.2. The maximum atomic E-state index is 13.2. The summed E-state index contributed by atoms with van der Waals surface area (Å²) >= 11 is 0. The lowest BCUT2D eigenvalue weighted by Gasteiger charge is -2.21. The highest BCUT2D eigenvalue weighted by Gasteiger charge is 2.42. The van der Waals surface area contributed by atoms with E-state index in [0.717, 1.165) is 46.7 Å². The van der Waals surface area contributed by atoms with Crippen LogP contribution in [0, 0.1) is 0 Å². The van der Waals surface area contributed by atoms with E-state index in [1.54, 1.807) is 24.3 Å². The van der Waals surface area contributed by atoms with Crippen LogP contribution in [-0.4, -0.2) is 35.5 Å². The molecule has 10 heteroatoms. The van der Waals surface area contributed by atoms with E-state index in [2.05, 4.69) is 10.9 Å². The fourth-order valence-electron chi connectivity index (χ4n) is 5.66. The number of hydrogen-bond donors (Lipinski definition) is 2. The van der Waals surface area contributed by atoms with Gasteiger partial charge in [0.1, 0.15) is 0 Å². The molecule has 2 aliphatic carbocycles. The van der Waals surface area contributed by atoms with Crippen molar-refractivity contribution in [2.45, 2.75) is 53.1 Å². The molecule has 2 aromatic carbocycles. The van der Waals surface area contributed by atoms with Gasteiger partial charge < -0.3 is 10.9 Å². The topological polar surface area (TPSA) is 30.5 Å². The van der Waals surface area contributed by atoms with Crippen LogP contribution in [0.4, 0.5) is 26.3 Å². The molecule has 0 spiro atoms. The highest BCUT2D eigenvalue weighted by Crippen LogP contribution is 2.48. The zero-order valence-corrected chi connectivity index (χ0v) is 22.6. The van der Waals surface area contributed by atoms with Gasteiger partial charge in [0.2, 0.25) is 0 Å². The van der Waals surface area contributed by atoms with Crippen LogP contribution in [0.3, 0.4) is 0 Å². The van der Waals surface area contributed by atoms with Gasteiger partial charge in [-0.3, -0.25) is 0 Å². The van der Waals surface area contributed by atoms with Crippen molar-refractivity contribution in [1.29, 1.82) is 0 Å². The smallest absolute Gasteiger partial charge is 0.322 e. The highest BCUT2D eigenvalue weighted by atomic mass is 19.4. The summed E-state index contributed by atoms with van der Waals surface area (Å²) in [4.78, 5) is 0. The third kappa shape index (κ3) is 4.94. The fourth-order valence-corrected chi connectivity index (χ4v) is 5.66. The number of nitrogens with one attached hydrogen (secondary N) is 2. The Hall–Kier alpha value is -3.50. The second-order valence-electron chi connectivity index (χ2n) is 10.1. The molecule has 2 heterocycles. The largest absolute Gasteiger partial charge is 0.417 e. The molecule has 0 bridgehead atoms. The van der Waals surface area contributed by atoms with E-state index in [1.807, 2.05) is 49.8 Å². The summed E-state index contributed by atoms with van der Waals surface area (Å²) < 4.78 is 78.9. The molecule has 0 atom stereocenters.